The van der Waals surface area contributed by atoms with Crippen molar-refractivity contribution in [1.29, 1.82) is 0 Å². The van der Waals surface area contributed by atoms with Crippen molar-refractivity contribution in [1.82, 2.24) is 10.7 Å². The van der Waals surface area contributed by atoms with E-state index in [4.69, 9.17) is 12.2 Å². The van der Waals surface area contributed by atoms with Crippen molar-refractivity contribution in [2.45, 2.75) is 4.90 Å². The first-order valence-electron chi connectivity index (χ1n) is 8.80. The van der Waals surface area contributed by atoms with E-state index in [-0.39, 0.29) is 16.6 Å². The molecule has 1 saturated heterocycles. The summed E-state index contributed by atoms with van der Waals surface area (Å²) in [6.45, 7) is 0. The van der Waals surface area contributed by atoms with Crippen LogP contribution in [0, 0.1) is 16.0 Å². The van der Waals surface area contributed by atoms with Crippen LogP contribution in [-0.2, 0) is 14.4 Å². The highest BCUT2D eigenvalue weighted by Crippen LogP contribution is 2.21. The number of benzene rings is 2. The summed E-state index contributed by atoms with van der Waals surface area (Å²) in [5.74, 6) is -2.97. The number of thioether (sulfide) groups is 1. The Morgan fingerprint density at radius 3 is 2.55 bits per heavy atom. The molecule has 3 rings (SSSR count). The molecule has 0 unspecified atom stereocenters. The number of para-hydroxylation sites is 1. The van der Waals surface area contributed by atoms with Crippen LogP contribution in [0.1, 0.15) is 0 Å². The van der Waals surface area contributed by atoms with Gasteiger partial charge in [0, 0.05) is 23.2 Å². The van der Waals surface area contributed by atoms with E-state index in [1.165, 1.54) is 29.2 Å². The maximum atomic E-state index is 12.7. The van der Waals surface area contributed by atoms with Gasteiger partial charge in [0.15, 0.2) is 11.0 Å². The van der Waals surface area contributed by atoms with Crippen molar-refractivity contribution >= 4 is 64.4 Å². The summed E-state index contributed by atoms with van der Waals surface area (Å²) < 4.78 is 0. The highest BCUT2D eigenvalue weighted by Gasteiger charge is 2.38. The topological polar surface area (TPSA) is 134 Å². The van der Waals surface area contributed by atoms with Crippen molar-refractivity contribution in [3.8, 4) is 0 Å². The smallest absolute Gasteiger partial charge is 0.269 e. The molecule has 3 amide bonds. The average molecular weight is 457 g/mol. The predicted octanol–water partition coefficient (Wildman–Crippen LogP) is 1.85. The predicted molar refractivity (Wildman–Crippen MR) is 119 cm³/mol. The number of hydrogen-bond donors (Lipinski definition) is 2. The fourth-order valence-corrected chi connectivity index (χ4v) is 3.56. The Hall–Kier alpha value is -3.64. The van der Waals surface area contributed by atoms with E-state index in [1.807, 2.05) is 0 Å². The Kier molecular flexibility index (Phi) is 7.05. The van der Waals surface area contributed by atoms with E-state index in [9.17, 15) is 24.5 Å². The number of nitrogens with zero attached hydrogens (tertiary/aromatic N) is 3. The molecule has 0 bridgehead atoms. The average Bonchev–Trinajstić information content (AvgIpc) is 2.75. The van der Waals surface area contributed by atoms with Crippen LogP contribution in [0.25, 0.3) is 0 Å². The van der Waals surface area contributed by atoms with Crippen molar-refractivity contribution in [3.63, 3.8) is 0 Å². The van der Waals surface area contributed by atoms with E-state index in [0.29, 0.717) is 10.6 Å². The molecule has 0 aromatic heterocycles. The Bertz CT molecular complexity index is 1060. The summed E-state index contributed by atoms with van der Waals surface area (Å²) in [5.41, 5.74) is 2.71. The van der Waals surface area contributed by atoms with E-state index in [2.05, 4.69) is 15.8 Å². The van der Waals surface area contributed by atoms with Gasteiger partial charge in [0.05, 0.1) is 16.4 Å². The second-order valence-corrected chi connectivity index (χ2v) is 7.57. The van der Waals surface area contributed by atoms with Gasteiger partial charge < -0.3 is 5.32 Å². The molecule has 0 spiro atoms. The first-order valence-corrected chi connectivity index (χ1v) is 10.2. The van der Waals surface area contributed by atoms with Crippen LogP contribution < -0.4 is 15.6 Å². The fourth-order valence-electron chi connectivity index (χ4n) is 2.57. The zero-order valence-electron chi connectivity index (χ0n) is 15.8. The minimum absolute atomic E-state index is 0.0137. The largest absolute Gasteiger partial charge is 0.301 e. The summed E-state index contributed by atoms with van der Waals surface area (Å²) in [6.07, 6.45) is 1.05. The van der Waals surface area contributed by atoms with Gasteiger partial charge in [-0.05, 0) is 36.5 Å². The number of anilines is 1. The van der Waals surface area contributed by atoms with E-state index >= 15 is 0 Å². The molecule has 31 heavy (non-hydrogen) atoms. The third kappa shape index (κ3) is 5.49. The van der Waals surface area contributed by atoms with Crippen LogP contribution in [0.15, 0.2) is 64.6 Å². The van der Waals surface area contributed by atoms with Gasteiger partial charge in [-0.3, -0.25) is 29.4 Å². The summed E-state index contributed by atoms with van der Waals surface area (Å²) in [7, 11) is 0. The number of nitrogens with one attached hydrogen (secondary N) is 2. The van der Waals surface area contributed by atoms with Crippen LogP contribution in [-0.4, -0.2) is 39.7 Å². The lowest BCUT2D eigenvalue weighted by molar-refractivity contribution is -0.384. The number of non-ortho nitro benzene ring substituents is 1. The maximum Gasteiger partial charge on any atom is 0.269 e. The first-order chi connectivity index (χ1) is 14.9. The Morgan fingerprint density at radius 2 is 1.90 bits per heavy atom. The summed E-state index contributed by atoms with van der Waals surface area (Å²) in [6, 6.07) is 14.3. The number of thiocarbonyl (C=S) groups is 1. The molecule has 158 valence electrons. The fraction of sp³-hybridized carbons (Fsp3) is 0.105. The van der Waals surface area contributed by atoms with Gasteiger partial charge in [-0.2, -0.15) is 5.10 Å². The lowest BCUT2D eigenvalue weighted by Crippen LogP contribution is -2.58. The van der Waals surface area contributed by atoms with E-state index in [1.54, 1.807) is 30.3 Å². The van der Waals surface area contributed by atoms with Gasteiger partial charge in [0.25, 0.3) is 11.6 Å². The molecule has 0 radical (unpaired) electrons. The van der Waals surface area contributed by atoms with Gasteiger partial charge in [-0.1, -0.05) is 18.2 Å². The quantitative estimate of drug-likeness (QED) is 0.162. The number of nitro benzene ring substituents is 1. The van der Waals surface area contributed by atoms with Gasteiger partial charge in [-0.15, -0.1) is 11.8 Å². The monoisotopic (exact) mass is 457 g/mol. The number of rotatable bonds is 7. The van der Waals surface area contributed by atoms with Crippen molar-refractivity contribution < 1.29 is 19.3 Å². The first kappa shape index (κ1) is 22.1. The van der Waals surface area contributed by atoms with Crippen molar-refractivity contribution in [2.75, 3.05) is 10.7 Å². The minimum atomic E-state index is -1.26. The van der Waals surface area contributed by atoms with Crippen LogP contribution in [0.2, 0.25) is 0 Å². The lowest BCUT2D eigenvalue weighted by atomic mass is 10.1. The zero-order chi connectivity index (χ0) is 22.4. The second kappa shape index (κ2) is 9.91. The third-order valence-electron chi connectivity index (χ3n) is 4.05. The van der Waals surface area contributed by atoms with E-state index < -0.39 is 28.6 Å². The van der Waals surface area contributed by atoms with Crippen LogP contribution in [0.5, 0.6) is 0 Å². The summed E-state index contributed by atoms with van der Waals surface area (Å²) in [4.78, 5) is 48.8. The molecule has 1 fully saturated rings. The standard InChI is InChI=1S/C19H15N5O5S2/c25-16(11-31-14-8-6-13(7-9-14)24(28)29)22-20-10-15-17(26)21-19(30)23(18(15)27)12-4-2-1-3-5-12/h1-10,15H,11H2,(H,22,25)(H,21,26,30)/b20-10-/t15-/m0/s1. The molecule has 12 heteroatoms. The number of nitro groups is 1. The lowest BCUT2D eigenvalue weighted by Gasteiger charge is -2.30. The third-order valence-corrected chi connectivity index (χ3v) is 5.34. The molecular formula is C19H15N5O5S2. The molecule has 1 aliphatic rings. The molecule has 2 aromatic carbocycles. The van der Waals surface area contributed by atoms with E-state index in [0.717, 1.165) is 18.0 Å². The van der Waals surface area contributed by atoms with Crippen molar-refractivity contribution in [2.24, 2.45) is 11.0 Å². The molecule has 0 saturated carbocycles. The number of carbonyl (C=O) groups is 3. The SMILES string of the molecule is O=C(CSc1ccc([N+](=O)[O-])cc1)N/N=C\[C@H]1C(=O)NC(=S)N(c2ccccc2)C1=O. The molecular weight excluding hydrogens is 442 g/mol. The van der Waals surface area contributed by atoms with Crippen LogP contribution >= 0.6 is 24.0 Å². The second-order valence-electron chi connectivity index (χ2n) is 6.13. The zero-order valence-corrected chi connectivity index (χ0v) is 17.4. The minimum Gasteiger partial charge on any atom is -0.301 e. The van der Waals surface area contributed by atoms with Gasteiger partial charge in [0.1, 0.15) is 0 Å². The highest BCUT2D eigenvalue weighted by molar-refractivity contribution is 8.00. The maximum absolute atomic E-state index is 12.7. The molecule has 1 aliphatic heterocycles. The molecule has 2 N–H and O–H groups in total. The molecule has 10 nitrogen and oxygen atoms in total. The highest BCUT2D eigenvalue weighted by atomic mass is 32.2. The molecule has 1 atom stereocenters. The molecule has 0 aliphatic carbocycles. The van der Waals surface area contributed by atoms with Crippen molar-refractivity contribution in [3.05, 3.63) is 64.7 Å². The molecule has 2 aromatic rings. The van der Waals surface area contributed by atoms with Gasteiger partial charge >= 0.3 is 0 Å². The van der Waals surface area contributed by atoms with Gasteiger partial charge in [-0.25, -0.2) is 5.43 Å². The molecule has 1 heterocycles. The Morgan fingerprint density at radius 1 is 1.23 bits per heavy atom. The van der Waals surface area contributed by atoms with Gasteiger partial charge in [0.2, 0.25) is 11.8 Å². The van der Waals surface area contributed by atoms with Crippen LogP contribution in [0.3, 0.4) is 0 Å². The number of hydrogen-bond acceptors (Lipinski definition) is 8. The summed E-state index contributed by atoms with van der Waals surface area (Å²) in [5, 5.41) is 16.8. The van der Waals surface area contributed by atoms with Crippen LogP contribution in [0.4, 0.5) is 11.4 Å². The number of amides is 3. The number of carbonyl (C=O) groups excluding carboxylic acids is 3. The Balaban J connectivity index is 1.57. The normalized spacial score (nSPS) is 16.3. The Labute approximate surface area is 185 Å². The summed E-state index contributed by atoms with van der Waals surface area (Å²) >= 11 is 6.25. The number of hydrazone groups is 1.